The fourth-order valence-electron chi connectivity index (χ4n) is 2.46. The van der Waals surface area contributed by atoms with Crippen LogP contribution in [0.25, 0.3) is 0 Å². The third-order valence-electron chi connectivity index (χ3n) is 3.30. The van der Waals surface area contributed by atoms with E-state index in [0.717, 1.165) is 30.8 Å². The Labute approximate surface area is 96.5 Å². The SMILES string of the molecule is CCC(CC#N)N1CCc2cccc(N)c21. The average molecular weight is 215 g/mol. The largest absolute Gasteiger partial charge is 0.397 e. The molecule has 1 aromatic rings. The van der Waals surface area contributed by atoms with Gasteiger partial charge in [-0.05, 0) is 24.5 Å². The number of para-hydroxylation sites is 1. The smallest absolute Gasteiger partial charge is 0.0643 e. The van der Waals surface area contributed by atoms with E-state index in [-0.39, 0.29) is 0 Å². The van der Waals surface area contributed by atoms with E-state index in [1.165, 1.54) is 5.56 Å². The van der Waals surface area contributed by atoms with E-state index >= 15 is 0 Å². The number of rotatable bonds is 3. The number of nitrogens with two attached hydrogens (primary N) is 1. The molecule has 2 N–H and O–H groups in total. The molecule has 0 spiro atoms. The number of benzene rings is 1. The Hall–Kier alpha value is -1.69. The summed E-state index contributed by atoms with van der Waals surface area (Å²) in [4.78, 5) is 2.30. The van der Waals surface area contributed by atoms with Crippen LogP contribution in [-0.2, 0) is 6.42 Å². The third-order valence-corrected chi connectivity index (χ3v) is 3.30. The van der Waals surface area contributed by atoms with Crippen molar-refractivity contribution in [2.24, 2.45) is 0 Å². The Bertz CT molecular complexity index is 420. The van der Waals surface area contributed by atoms with Gasteiger partial charge in [-0.15, -0.1) is 0 Å². The molecule has 1 aromatic carbocycles. The van der Waals surface area contributed by atoms with Gasteiger partial charge in [-0.2, -0.15) is 5.26 Å². The number of fused-ring (bicyclic) bond motifs is 1. The van der Waals surface area contributed by atoms with Crippen LogP contribution in [0.5, 0.6) is 0 Å². The summed E-state index contributed by atoms with van der Waals surface area (Å²) in [5, 5.41) is 8.84. The molecule has 0 aliphatic carbocycles. The monoisotopic (exact) mass is 215 g/mol. The predicted octanol–water partition coefficient (Wildman–Crippen LogP) is 2.32. The number of nitrogens with zero attached hydrogens (tertiary/aromatic N) is 2. The van der Waals surface area contributed by atoms with Gasteiger partial charge in [-0.3, -0.25) is 0 Å². The molecule has 3 nitrogen and oxygen atoms in total. The van der Waals surface area contributed by atoms with Crippen LogP contribution in [0.1, 0.15) is 25.3 Å². The summed E-state index contributed by atoms with van der Waals surface area (Å²) in [5.41, 5.74) is 9.34. The van der Waals surface area contributed by atoms with E-state index in [4.69, 9.17) is 11.0 Å². The van der Waals surface area contributed by atoms with Gasteiger partial charge >= 0.3 is 0 Å². The van der Waals surface area contributed by atoms with Crippen LogP contribution in [0.4, 0.5) is 11.4 Å². The normalized spacial score (nSPS) is 15.6. The van der Waals surface area contributed by atoms with Gasteiger partial charge in [0.05, 0.1) is 23.9 Å². The summed E-state index contributed by atoms with van der Waals surface area (Å²) in [5.74, 6) is 0. The van der Waals surface area contributed by atoms with E-state index in [1.807, 2.05) is 12.1 Å². The summed E-state index contributed by atoms with van der Waals surface area (Å²) < 4.78 is 0. The van der Waals surface area contributed by atoms with E-state index < -0.39 is 0 Å². The van der Waals surface area contributed by atoms with Gasteiger partial charge in [0.25, 0.3) is 0 Å². The first kappa shape index (κ1) is 10.8. The number of hydrogen-bond acceptors (Lipinski definition) is 3. The lowest BCUT2D eigenvalue weighted by molar-refractivity contribution is 0.599. The molecule has 84 valence electrons. The Morgan fingerprint density at radius 2 is 2.38 bits per heavy atom. The molecule has 3 heteroatoms. The highest BCUT2D eigenvalue weighted by Crippen LogP contribution is 2.36. The molecule has 1 heterocycles. The van der Waals surface area contributed by atoms with Gasteiger partial charge in [-0.1, -0.05) is 19.1 Å². The van der Waals surface area contributed by atoms with E-state index in [1.54, 1.807) is 0 Å². The van der Waals surface area contributed by atoms with Crippen molar-refractivity contribution in [3.05, 3.63) is 23.8 Å². The first-order chi connectivity index (χ1) is 7.77. The van der Waals surface area contributed by atoms with Crippen molar-refractivity contribution in [2.45, 2.75) is 32.2 Å². The quantitative estimate of drug-likeness (QED) is 0.787. The standard InChI is InChI=1S/C13H17N3/c1-2-11(6-8-14)16-9-7-10-4-3-5-12(15)13(10)16/h3-5,11H,2,6-7,9,15H2,1H3. The van der Waals surface area contributed by atoms with Crippen molar-refractivity contribution in [1.82, 2.24) is 0 Å². The Morgan fingerprint density at radius 3 is 3.06 bits per heavy atom. The minimum Gasteiger partial charge on any atom is -0.397 e. The lowest BCUT2D eigenvalue weighted by Gasteiger charge is -2.28. The van der Waals surface area contributed by atoms with E-state index in [0.29, 0.717) is 12.5 Å². The van der Waals surface area contributed by atoms with E-state index in [2.05, 4.69) is 24.0 Å². The fraction of sp³-hybridized carbons (Fsp3) is 0.462. The molecule has 0 fully saturated rings. The minimum atomic E-state index is 0.302. The third kappa shape index (κ3) is 1.71. The van der Waals surface area contributed by atoms with Gasteiger partial charge in [0.15, 0.2) is 0 Å². The second-order valence-electron chi connectivity index (χ2n) is 4.22. The summed E-state index contributed by atoms with van der Waals surface area (Å²) >= 11 is 0. The maximum absolute atomic E-state index is 8.84. The molecule has 1 atom stereocenters. The summed E-state index contributed by atoms with van der Waals surface area (Å²) in [6.07, 6.45) is 2.61. The lowest BCUT2D eigenvalue weighted by atomic mass is 10.1. The molecule has 0 amide bonds. The van der Waals surface area contributed by atoms with Crippen LogP contribution in [0.15, 0.2) is 18.2 Å². The maximum atomic E-state index is 8.84. The molecule has 0 radical (unpaired) electrons. The fourth-order valence-corrected chi connectivity index (χ4v) is 2.46. The number of nitrogen functional groups attached to an aromatic ring is 1. The number of anilines is 2. The molecule has 16 heavy (non-hydrogen) atoms. The second-order valence-corrected chi connectivity index (χ2v) is 4.22. The van der Waals surface area contributed by atoms with Crippen LogP contribution in [0.2, 0.25) is 0 Å². The van der Waals surface area contributed by atoms with Crippen LogP contribution in [0.3, 0.4) is 0 Å². The zero-order valence-corrected chi connectivity index (χ0v) is 9.61. The highest BCUT2D eigenvalue weighted by Gasteiger charge is 2.26. The molecular weight excluding hydrogens is 198 g/mol. The van der Waals surface area contributed by atoms with Crippen LogP contribution in [-0.4, -0.2) is 12.6 Å². The van der Waals surface area contributed by atoms with Crippen molar-refractivity contribution in [3.8, 4) is 6.07 Å². The summed E-state index contributed by atoms with van der Waals surface area (Å²) in [7, 11) is 0. The van der Waals surface area contributed by atoms with E-state index in [9.17, 15) is 0 Å². The van der Waals surface area contributed by atoms with Crippen LogP contribution in [0, 0.1) is 11.3 Å². The molecule has 0 saturated carbocycles. The summed E-state index contributed by atoms with van der Waals surface area (Å²) in [6.45, 7) is 3.11. The molecule has 0 bridgehead atoms. The molecule has 1 aliphatic heterocycles. The Kier molecular flexibility index (Phi) is 3.00. The average Bonchev–Trinajstić information content (AvgIpc) is 2.71. The Balaban J connectivity index is 2.32. The molecule has 1 unspecified atom stereocenters. The van der Waals surface area contributed by atoms with Crippen LogP contribution < -0.4 is 10.6 Å². The molecule has 2 rings (SSSR count). The molecule has 0 aromatic heterocycles. The van der Waals surface area contributed by atoms with Gasteiger partial charge in [0.2, 0.25) is 0 Å². The lowest BCUT2D eigenvalue weighted by Crippen LogP contribution is -2.33. The number of hydrogen-bond donors (Lipinski definition) is 1. The van der Waals surface area contributed by atoms with Gasteiger partial charge in [0.1, 0.15) is 0 Å². The van der Waals surface area contributed by atoms with Crippen molar-refractivity contribution in [3.63, 3.8) is 0 Å². The first-order valence-corrected chi connectivity index (χ1v) is 5.79. The zero-order valence-electron chi connectivity index (χ0n) is 9.61. The second kappa shape index (κ2) is 4.44. The topological polar surface area (TPSA) is 53.0 Å². The van der Waals surface area contributed by atoms with Crippen molar-refractivity contribution < 1.29 is 0 Å². The van der Waals surface area contributed by atoms with Gasteiger partial charge < -0.3 is 10.6 Å². The Morgan fingerprint density at radius 1 is 1.56 bits per heavy atom. The highest BCUT2D eigenvalue weighted by molar-refractivity contribution is 5.74. The van der Waals surface area contributed by atoms with Gasteiger partial charge in [-0.25, -0.2) is 0 Å². The number of nitriles is 1. The molecule has 0 saturated heterocycles. The van der Waals surface area contributed by atoms with Crippen molar-refractivity contribution in [2.75, 3.05) is 17.2 Å². The molecule has 1 aliphatic rings. The molecular formula is C13H17N3. The van der Waals surface area contributed by atoms with Gasteiger partial charge in [0, 0.05) is 12.6 Å². The minimum absolute atomic E-state index is 0.302. The highest BCUT2D eigenvalue weighted by atomic mass is 15.2. The van der Waals surface area contributed by atoms with Crippen molar-refractivity contribution in [1.29, 1.82) is 5.26 Å². The maximum Gasteiger partial charge on any atom is 0.0643 e. The van der Waals surface area contributed by atoms with Crippen molar-refractivity contribution >= 4 is 11.4 Å². The zero-order chi connectivity index (χ0) is 11.5. The van der Waals surface area contributed by atoms with Crippen LogP contribution >= 0.6 is 0 Å². The summed E-state index contributed by atoms with van der Waals surface area (Å²) in [6, 6.07) is 8.64. The first-order valence-electron chi connectivity index (χ1n) is 5.79. The predicted molar refractivity (Wildman–Crippen MR) is 66.2 cm³/mol.